The Morgan fingerprint density at radius 2 is 1.92 bits per heavy atom. The van der Waals surface area contributed by atoms with Gasteiger partial charge in [0.1, 0.15) is 11.4 Å². The molecule has 0 aliphatic heterocycles. The lowest BCUT2D eigenvalue weighted by molar-refractivity contribution is -0.147. The highest BCUT2D eigenvalue weighted by atomic mass is 35.5. The summed E-state index contributed by atoms with van der Waals surface area (Å²) in [6.07, 6.45) is -0.770. The van der Waals surface area contributed by atoms with Gasteiger partial charge < -0.3 is 20.1 Å². The first kappa shape index (κ1) is 20.7. The van der Waals surface area contributed by atoms with Crippen LogP contribution in [0.25, 0.3) is 0 Å². The van der Waals surface area contributed by atoms with Crippen molar-refractivity contribution in [3.63, 3.8) is 0 Å². The average Bonchev–Trinajstić information content (AvgIpc) is 2.46. The number of alkyl carbamates (subject to hydrolysis) is 1. The number of esters is 1. The minimum atomic E-state index is -0.670. The molecule has 1 aromatic carbocycles. The molecule has 1 aromatic rings. The van der Waals surface area contributed by atoms with Crippen LogP contribution < -0.4 is 10.6 Å². The Balaban J connectivity index is 2.27. The Labute approximate surface area is 149 Å². The number of hydrogen-bond donors (Lipinski definition) is 2. The van der Waals surface area contributed by atoms with Crippen LogP contribution in [0.2, 0.25) is 5.02 Å². The number of amides is 2. The molecule has 0 aromatic heterocycles. The molecule has 138 valence electrons. The molecule has 0 aliphatic rings. The Hall–Kier alpha value is -2.35. The smallest absolute Gasteiger partial charge is 0.407 e. The Morgan fingerprint density at radius 3 is 2.52 bits per heavy atom. The lowest BCUT2D eigenvalue weighted by atomic mass is 10.2. The molecule has 0 atom stereocenters. The maximum atomic E-state index is 12.9. The van der Waals surface area contributed by atoms with Crippen LogP contribution in [0.15, 0.2) is 18.2 Å². The summed E-state index contributed by atoms with van der Waals surface area (Å²) >= 11 is 5.77. The molecule has 0 spiro atoms. The normalized spacial score (nSPS) is 10.8. The Bertz CT molecular complexity index is 646. The van der Waals surface area contributed by atoms with Crippen LogP contribution in [-0.4, -0.2) is 36.7 Å². The summed E-state index contributed by atoms with van der Waals surface area (Å²) < 4.78 is 22.7. The number of nitrogens with one attached hydrogen (secondary N) is 2. The quantitative estimate of drug-likeness (QED) is 0.747. The van der Waals surface area contributed by atoms with E-state index in [-0.39, 0.29) is 23.7 Å². The highest BCUT2D eigenvalue weighted by molar-refractivity contribution is 6.33. The van der Waals surface area contributed by atoms with Crippen molar-refractivity contribution in [2.45, 2.75) is 32.8 Å². The van der Waals surface area contributed by atoms with Crippen molar-refractivity contribution in [1.29, 1.82) is 0 Å². The molecule has 0 radical (unpaired) electrons. The summed E-state index contributed by atoms with van der Waals surface area (Å²) in [6.45, 7) is 4.63. The van der Waals surface area contributed by atoms with E-state index in [9.17, 15) is 18.8 Å². The van der Waals surface area contributed by atoms with Gasteiger partial charge in [0.15, 0.2) is 6.61 Å². The summed E-state index contributed by atoms with van der Waals surface area (Å²) in [5.41, 5.74) is -0.430. The lowest BCUT2D eigenvalue weighted by Gasteiger charge is -2.19. The van der Waals surface area contributed by atoms with Gasteiger partial charge in [-0.25, -0.2) is 9.18 Å². The molecule has 2 amide bonds. The first-order chi connectivity index (χ1) is 11.6. The molecule has 0 saturated carbocycles. The fourth-order valence-electron chi connectivity index (χ4n) is 1.58. The average molecular weight is 375 g/mol. The molecule has 1 rings (SSSR count). The van der Waals surface area contributed by atoms with Gasteiger partial charge in [0.05, 0.1) is 17.1 Å². The van der Waals surface area contributed by atoms with Crippen molar-refractivity contribution in [3.05, 3.63) is 29.0 Å². The fraction of sp³-hybridized carbons (Fsp3) is 0.438. The van der Waals surface area contributed by atoms with Crippen LogP contribution >= 0.6 is 11.6 Å². The van der Waals surface area contributed by atoms with Gasteiger partial charge >= 0.3 is 12.1 Å². The number of ether oxygens (including phenoxy) is 2. The maximum absolute atomic E-state index is 12.9. The van der Waals surface area contributed by atoms with Crippen molar-refractivity contribution >= 4 is 35.3 Å². The number of benzene rings is 1. The van der Waals surface area contributed by atoms with Gasteiger partial charge in [0, 0.05) is 6.54 Å². The third kappa shape index (κ3) is 8.90. The number of hydrogen-bond acceptors (Lipinski definition) is 5. The van der Waals surface area contributed by atoms with Crippen LogP contribution in [0.3, 0.4) is 0 Å². The predicted molar refractivity (Wildman–Crippen MR) is 89.9 cm³/mol. The van der Waals surface area contributed by atoms with Crippen molar-refractivity contribution in [2.75, 3.05) is 18.5 Å². The summed E-state index contributed by atoms with van der Waals surface area (Å²) in [7, 11) is 0. The van der Waals surface area contributed by atoms with E-state index in [2.05, 4.69) is 10.6 Å². The molecule has 7 nitrogen and oxygen atoms in total. The molecule has 0 aliphatic carbocycles. The van der Waals surface area contributed by atoms with E-state index in [1.165, 1.54) is 6.07 Å². The molecule has 9 heteroatoms. The van der Waals surface area contributed by atoms with Gasteiger partial charge in [-0.2, -0.15) is 0 Å². The van der Waals surface area contributed by atoms with Crippen molar-refractivity contribution in [2.24, 2.45) is 0 Å². The van der Waals surface area contributed by atoms with Gasteiger partial charge in [-0.05, 0) is 39.0 Å². The summed E-state index contributed by atoms with van der Waals surface area (Å²) in [6, 6.07) is 3.48. The van der Waals surface area contributed by atoms with E-state index in [1.54, 1.807) is 20.8 Å². The molecule has 0 fully saturated rings. The number of anilines is 1. The van der Waals surface area contributed by atoms with Crippen molar-refractivity contribution < 1.29 is 28.2 Å². The number of carbonyl (C=O) groups excluding carboxylic acids is 3. The van der Waals surface area contributed by atoms with Crippen molar-refractivity contribution in [1.82, 2.24) is 5.32 Å². The first-order valence-corrected chi connectivity index (χ1v) is 7.82. The molecule has 0 heterocycles. The second kappa shape index (κ2) is 9.22. The van der Waals surface area contributed by atoms with Crippen LogP contribution in [-0.2, 0) is 19.1 Å². The zero-order valence-electron chi connectivity index (χ0n) is 14.2. The molecule has 25 heavy (non-hydrogen) atoms. The van der Waals surface area contributed by atoms with Gasteiger partial charge in [-0.3, -0.25) is 9.59 Å². The van der Waals surface area contributed by atoms with Crippen LogP contribution in [0.4, 0.5) is 14.9 Å². The highest BCUT2D eigenvalue weighted by Crippen LogP contribution is 2.22. The minimum absolute atomic E-state index is 0.0131. The molecule has 0 unspecified atom stereocenters. The van der Waals surface area contributed by atoms with E-state index < -0.39 is 36.0 Å². The van der Waals surface area contributed by atoms with Gasteiger partial charge in [0.25, 0.3) is 5.91 Å². The van der Waals surface area contributed by atoms with E-state index in [0.29, 0.717) is 0 Å². The standard InChI is InChI=1S/C16H20ClFN2O5/c1-16(2,3)25-15(23)19-7-6-14(22)24-9-13(21)20-12-5-4-10(18)8-11(12)17/h4-5,8H,6-7,9H2,1-3H3,(H,19,23)(H,20,21). The zero-order chi connectivity index (χ0) is 19.0. The number of halogens is 2. The van der Waals surface area contributed by atoms with Crippen LogP contribution in [0, 0.1) is 5.82 Å². The second-order valence-electron chi connectivity index (χ2n) is 6.01. The molecular weight excluding hydrogens is 355 g/mol. The van der Waals surface area contributed by atoms with Crippen molar-refractivity contribution in [3.8, 4) is 0 Å². The van der Waals surface area contributed by atoms with Crippen LogP contribution in [0.5, 0.6) is 0 Å². The molecular formula is C16H20ClFN2O5. The van der Waals surface area contributed by atoms with Crippen LogP contribution in [0.1, 0.15) is 27.2 Å². The minimum Gasteiger partial charge on any atom is -0.456 e. The molecule has 0 saturated heterocycles. The number of carbonyl (C=O) groups is 3. The Morgan fingerprint density at radius 1 is 1.24 bits per heavy atom. The van der Waals surface area contributed by atoms with E-state index in [0.717, 1.165) is 12.1 Å². The van der Waals surface area contributed by atoms with Gasteiger partial charge in [-0.15, -0.1) is 0 Å². The largest absolute Gasteiger partial charge is 0.456 e. The summed E-state index contributed by atoms with van der Waals surface area (Å²) in [5, 5.41) is 4.81. The zero-order valence-corrected chi connectivity index (χ0v) is 14.9. The monoisotopic (exact) mass is 374 g/mol. The van der Waals surface area contributed by atoms with E-state index in [1.807, 2.05) is 0 Å². The first-order valence-electron chi connectivity index (χ1n) is 7.44. The van der Waals surface area contributed by atoms with E-state index in [4.69, 9.17) is 21.1 Å². The van der Waals surface area contributed by atoms with Gasteiger partial charge in [-0.1, -0.05) is 11.6 Å². The third-order valence-corrected chi connectivity index (χ3v) is 2.88. The topological polar surface area (TPSA) is 93.7 Å². The lowest BCUT2D eigenvalue weighted by Crippen LogP contribution is -2.34. The SMILES string of the molecule is CC(C)(C)OC(=O)NCCC(=O)OCC(=O)Nc1ccc(F)cc1Cl. The Kier molecular flexibility index (Phi) is 7.63. The summed E-state index contributed by atoms with van der Waals surface area (Å²) in [5.74, 6) is -1.83. The van der Waals surface area contributed by atoms with Gasteiger partial charge in [0.2, 0.25) is 0 Å². The summed E-state index contributed by atoms with van der Waals surface area (Å²) in [4.78, 5) is 34.5. The highest BCUT2D eigenvalue weighted by Gasteiger charge is 2.16. The maximum Gasteiger partial charge on any atom is 0.407 e. The molecule has 2 N–H and O–H groups in total. The fourth-order valence-corrected chi connectivity index (χ4v) is 1.79. The number of rotatable bonds is 6. The third-order valence-electron chi connectivity index (χ3n) is 2.57. The molecule has 0 bridgehead atoms. The second-order valence-corrected chi connectivity index (χ2v) is 6.42. The van der Waals surface area contributed by atoms with E-state index >= 15 is 0 Å². The predicted octanol–water partition coefficient (Wildman–Crippen LogP) is 2.88.